The van der Waals surface area contributed by atoms with Gasteiger partial charge in [0.15, 0.2) is 11.5 Å². The maximum Gasteiger partial charge on any atom is 0.162 e. The Kier molecular flexibility index (Phi) is 5.53. The van der Waals surface area contributed by atoms with Crippen molar-refractivity contribution in [3.8, 4) is 11.5 Å². The Balaban J connectivity index is 3.35. The third kappa shape index (κ3) is 3.41. The largest absolute Gasteiger partial charge is 0.504 e. The number of hydrogen-bond acceptors (Lipinski definition) is 2. The van der Waals surface area contributed by atoms with E-state index in [1.165, 1.54) is 0 Å². The zero-order chi connectivity index (χ0) is 14.0. The minimum Gasteiger partial charge on any atom is -0.504 e. The van der Waals surface area contributed by atoms with Crippen molar-refractivity contribution < 1.29 is 10.2 Å². The summed E-state index contributed by atoms with van der Waals surface area (Å²) in [5.74, 6) is 0.841. The fourth-order valence-electron chi connectivity index (χ4n) is 1.95. The van der Waals surface area contributed by atoms with Crippen LogP contribution in [0.2, 0.25) is 0 Å². The second kappa shape index (κ2) is 6.29. The van der Waals surface area contributed by atoms with Gasteiger partial charge in [0, 0.05) is 20.1 Å². The molecule has 0 aliphatic heterocycles. The summed E-state index contributed by atoms with van der Waals surface area (Å²) >= 11 is 7.03. The quantitative estimate of drug-likeness (QED) is 0.721. The maximum absolute atomic E-state index is 10.1. The van der Waals surface area contributed by atoms with E-state index >= 15 is 0 Å². The number of halogens is 2. The highest BCUT2D eigenvalue weighted by Crippen LogP contribution is 2.45. The molecular weight excluding hydrogens is 360 g/mol. The van der Waals surface area contributed by atoms with Crippen LogP contribution in [0.5, 0.6) is 11.5 Å². The number of benzene rings is 1. The lowest BCUT2D eigenvalue weighted by atomic mass is 9.96. The molecule has 18 heavy (non-hydrogen) atoms. The first kappa shape index (κ1) is 15.8. The van der Waals surface area contributed by atoms with Gasteiger partial charge in [0.25, 0.3) is 0 Å². The van der Waals surface area contributed by atoms with Crippen LogP contribution in [-0.2, 0) is 12.8 Å². The summed E-state index contributed by atoms with van der Waals surface area (Å²) in [6.45, 7) is 8.33. The standard InChI is InChI=1S/C14H20Br2O2/c1-7(2)5-9-11(15)12(16)10(6-8(3)4)14(18)13(9)17/h7-8,17-18H,5-6H2,1-4H3. The Morgan fingerprint density at radius 3 is 1.28 bits per heavy atom. The summed E-state index contributed by atoms with van der Waals surface area (Å²) in [5, 5.41) is 20.3. The minimum absolute atomic E-state index is 0.00873. The molecule has 2 N–H and O–H groups in total. The molecule has 0 aromatic heterocycles. The smallest absolute Gasteiger partial charge is 0.162 e. The van der Waals surface area contributed by atoms with Crippen molar-refractivity contribution in [2.45, 2.75) is 40.5 Å². The van der Waals surface area contributed by atoms with Gasteiger partial charge >= 0.3 is 0 Å². The van der Waals surface area contributed by atoms with Gasteiger partial charge in [-0.05, 0) is 56.5 Å². The maximum atomic E-state index is 10.1. The Morgan fingerprint density at radius 1 is 0.778 bits per heavy atom. The molecule has 2 nitrogen and oxygen atoms in total. The van der Waals surface area contributed by atoms with E-state index in [9.17, 15) is 10.2 Å². The molecule has 0 bridgehead atoms. The van der Waals surface area contributed by atoms with E-state index in [0.717, 1.165) is 32.9 Å². The van der Waals surface area contributed by atoms with Crippen LogP contribution in [0.3, 0.4) is 0 Å². The highest BCUT2D eigenvalue weighted by Gasteiger charge is 2.21. The highest BCUT2D eigenvalue weighted by atomic mass is 79.9. The van der Waals surface area contributed by atoms with Gasteiger partial charge in [0.1, 0.15) is 0 Å². The van der Waals surface area contributed by atoms with Crippen LogP contribution in [0.4, 0.5) is 0 Å². The molecule has 0 amide bonds. The van der Waals surface area contributed by atoms with Crippen LogP contribution in [0, 0.1) is 11.8 Å². The van der Waals surface area contributed by atoms with Gasteiger partial charge in [-0.1, -0.05) is 27.7 Å². The van der Waals surface area contributed by atoms with E-state index in [4.69, 9.17) is 0 Å². The van der Waals surface area contributed by atoms with E-state index in [1.807, 2.05) is 0 Å². The van der Waals surface area contributed by atoms with Crippen molar-refractivity contribution in [3.05, 3.63) is 20.1 Å². The first-order valence-corrected chi connectivity index (χ1v) is 7.74. The van der Waals surface area contributed by atoms with Crippen molar-refractivity contribution in [3.63, 3.8) is 0 Å². The van der Waals surface area contributed by atoms with Crippen molar-refractivity contribution >= 4 is 31.9 Å². The zero-order valence-electron chi connectivity index (χ0n) is 11.2. The normalized spacial score (nSPS) is 11.6. The second-order valence-corrected chi connectivity index (χ2v) is 7.06. The molecule has 1 aromatic rings. The van der Waals surface area contributed by atoms with Crippen molar-refractivity contribution in [1.29, 1.82) is 0 Å². The van der Waals surface area contributed by atoms with Gasteiger partial charge in [-0.25, -0.2) is 0 Å². The molecule has 102 valence electrons. The van der Waals surface area contributed by atoms with E-state index in [2.05, 4.69) is 59.6 Å². The Labute approximate surface area is 126 Å². The summed E-state index contributed by atoms with van der Waals surface area (Å²) < 4.78 is 1.70. The van der Waals surface area contributed by atoms with E-state index < -0.39 is 0 Å². The van der Waals surface area contributed by atoms with E-state index in [1.54, 1.807) is 0 Å². The van der Waals surface area contributed by atoms with Gasteiger partial charge in [-0.3, -0.25) is 0 Å². The fraction of sp³-hybridized carbons (Fsp3) is 0.571. The minimum atomic E-state index is 0.00873. The van der Waals surface area contributed by atoms with Crippen LogP contribution in [-0.4, -0.2) is 10.2 Å². The van der Waals surface area contributed by atoms with Gasteiger partial charge in [0.05, 0.1) is 0 Å². The topological polar surface area (TPSA) is 40.5 Å². The second-order valence-electron chi connectivity index (χ2n) is 5.48. The highest BCUT2D eigenvalue weighted by molar-refractivity contribution is 9.13. The summed E-state index contributed by atoms with van der Waals surface area (Å²) in [6, 6.07) is 0. The fourth-order valence-corrected chi connectivity index (χ4v) is 3.13. The average Bonchev–Trinajstić information content (AvgIpc) is 2.27. The van der Waals surface area contributed by atoms with Crippen LogP contribution in [0.1, 0.15) is 38.8 Å². The van der Waals surface area contributed by atoms with Crippen molar-refractivity contribution in [2.75, 3.05) is 0 Å². The summed E-state index contributed by atoms with van der Waals surface area (Å²) in [5.41, 5.74) is 1.53. The molecule has 0 atom stereocenters. The Hall–Kier alpha value is -0.220. The number of phenols is 2. The van der Waals surface area contributed by atoms with Crippen molar-refractivity contribution in [1.82, 2.24) is 0 Å². The van der Waals surface area contributed by atoms with Crippen LogP contribution >= 0.6 is 31.9 Å². The molecule has 0 saturated carbocycles. The molecule has 0 saturated heterocycles. The number of rotatable bonds is 4. The molecule has 0 unspecified atom stereocenters. The molecule has 0 aliphatic rings. The summed E-state index contributed by atoms with van der Waals surface area (Å²) in [7, 11) is 0. The monoisotopic (exact) mass is 378 g/mol. The van der Waals surface area contributed by atoms with Gasteiger partial charge in [-0.15, -0.1) is 0 Å². The number of aromatic hydroxyl groups is 2. The lowest BCUT2D eigenvalue weighted by Crippen LogP contribution is -2.02. The molecule has 1 aromatic carbocycles. The van der Waals surface area contributed by atoms with E-state index in [0.29, 0.717) is 11.8 Å². The SMILES string of the molecule is CC(C)Cc1c(O)c(O)c(CC(C)C)c(Br)c1Br. The summed E-state index contributed by atoms with van der Waals surface area (Å²) in [4.78, 5) is 0. The molecule has 0 fully saturated rings. The van der Waals surface area contributed by atoms with Crippen LogP contribution in [0.25, 0.3) is 0 Å². The predicted molar refractivity (Wildman–Crippen MR) is 82.3 cm³/mol. The number of hydrogen-bond donors (Lipinski definition) is 2. The first-order valence-electron chi connectivity index (χ1n) is 6.16. The van der Waals surface area contributed by atoms with Crippen molar-refractivity contribution in [2.24, 2.45) is 11.8 Å². The molecule has 1 rings (SSSR count). The third-order valence-electron chi connectivity index (χ3n) is 2.74. The molecule has 0 spiro atoms. The molecule has 0 radical (unpaired) electrons. The van der Waals surface area contributed by atoms with Crippen LogP contribution < -0.4 is 0 Å². The zero-order valence-corrected chi connectivity index (χ0v) is 14.4. The predicted octanol–water partition coefficient (Wildman–Crippen LogP) is 5.02. The van der Waals surface area contributed by atoms with Gasteiger partial charge in [0.2, 0.25) is 0 Å². The molecule has 4 heteroatoms. The number of phenolic OH excluding ortho intramolecular Hbond substituents is 2. The van der Waals surface area contributed by atoms with Gasteiger partial charge < -0.3 is 10.2 Å². The van der Waals surface area contributed by atoms with Crippen LogP contribution in [0.15, 0.2) is 8.95 Å². The lowest BCUT2D eigenvalue weighted by molar-refractivity contribution is 0.389. The molecule has 0 aliphatic carbocycles. The summed E-state index contributed by atoms with van der Waals surface area (Å²) in [6.07, 6.45) is 1.45. The lowest BCUT2D eigenvalue weighted by Gasteiger charge is -2.18. The third-order valence-corrected chi connectivity index (χ3v) is 5.03. The Morgan fingerprint density at radius 2 is 1.06 bits per heavy atom. The molecule has 0 heterocycles. The molecular formula is C14H20Br2O2. The Bertz CT molecular complexity index is 370. The average molecular weight is 380 g/mol. The first-order chi connectivity index (χ1) is 8.25. The van der Waals surface area contributed by atoms with Gasteiger partial charge in [-0.2, -0.15) is 0 Å². The van der Waals surface area contributed by atoms with E-state index in [-0.39, 0.29) is 11.5 Å².